The van der Waals surface area contributed by atoms with Crippen molar-refractivity contribution in [2.75, 3.05) is 11.9 Å². The maximum absolute atomic E-state index is 14.5. The van der Waals surface area contributed by atoms with Crippen LogP contribution in [0.15, 0.2) is 36.8 Å². The van der Waals surface area contributed by atoms with E-state index >= 15 is 0 Å². The number of amides is 2. The summed E-state index contributed by atoms with van der Waals surface area (Å²) in [6.07, 6.45) is 3.21. The molecule has 35 heavy (non-hydrogen) atoms. The zero-order valence-corrected chi connectivity index (χ0v) is 19.3. The quantitative estimate of drug-likeness (QED) is 0.468. The van der Waals surface area contributed by atoms with Crippen LogP contribution < -0.4 is 10.1 Å². The number of anilines is 1. The molecule has 5 rings (SSSR count). The summed E-state index contributed by atoms with van der Waals surface area (Å²) in [5, 5.41) is 26.5. The van der Waals surface area contributed by atoms with E-state index in [1.807, 2.05) is 0 Å². The van der Waals surface area contributed by atoms with E-state index in [4.69, 9.17) is 4.74 Å². The Kier molecular flexibility index (Phi) is 5.68. The fourth-order valence-corrected chi connectivity index (χ4v) is 4.15. The lowest BCUT2D eigenvalue weighted by atomic mass is 9.92. The van der Waals surface area contributed by atoms with Gasteiger partial charge < -0.3 is 25.2 Å². The van der Waals surface area contributed by atoms with E-state index < -0.39 is 23.8 Å². The Labute approximate surface area is 200 Å². The molecule has 1 atom stereocenters. The highest BCUT2D eigenvalue weighted by Crippen LogP contribution is 2.37. The average Bonchev–Trinajstić information content (AvgIpc) is 3.34. The fourth-order valence-electron chi connectivity index (χ4n) is 4.15. The van der Waals surface area contributed by atoms with E-state index in [0.717, 1.165) is 0 Å². The molecule has 1 aliphatic heterocycles. The van der Waals surface area contributed by atoms with E-state index in [1.54, 1.807) is 30.6 Å². The van der Waals surface area contributed by atoms with Crippen LogP contribution in [-0.2, 0) is 6.54 Å². The van der Waals surface area contributed by atoms with Crippen molar-refractivity contribution in [3.63, 3.8) is 0 Å². The number of benzene rings is 1. The lowest BCUT2D eigenvalue weighted by Crippen LogP contribution is -2.42. The molecule has 2 aromatic heterocycles. The summed E-state index contributed by atoms with van der Waals surface area (Å²) in [6, 6.07) is 4.89. The van der Waals surface area contributed by atoms with Crippen LogP contribution in [0.2, 0.25) is 0 Å². The van der Waals surface area contributed by atoms with Crippen molar-refractivity contribution in [3.8, 4) is 5.75 Å². The van der Waals surface area contributed by atoms with Crippen molar-refractivity contribution in [2.24, 2.45) is 0 Å². The number of nitrogens with zero attached hydrogens (tertiary/aromatic N) is 4. The van der Waals surface area contributed by atoms with Gasteiger partial charge in [0.15, 0.2) is 5.65 Å². The van der Waals surface area contributed by atoms with Gasteiger partial charge in [0.1, 0.15) is 23.6 Å². The molecule has 3 heterocycles. The minimum atomic E-state index is -1.63. The number of aliphatic hydroxyl groups is 2. The third kappa shape index (κ3) is 4.44. The Bertz CT molecular complexity index is 1300. The van der Waals surface area contributed by atoms with Gasteiger partial charge in [-0.1, -0.05) is 0 Å². The number of hydrogen-bond acceptors (Lipinski definition) is 7. The molecule has 1 aromatic carbocycles. The van der Waals surface area contributed by atoms with Gasteiger partial charge in [-0.2, -0.15) is 5.10 Å². The largest absolute Gasteiger partial charge is 0.488 e. The summed E-state index contributed by atoms with van der Waals surface area (Å²) in [4.78, 5) is 31.6. The number of halogens is 1. The van der Waals surface area contributed by atoms with Crippen LogP contribution in [0.25, 0.3) is 5.65 Å². The first-order valence-corrected chi connectivity index (χ1v) is 11.4. The summed E-state index contributed by atoms with van der Waals surface area (Å²) in [6.45, 7) is 2.58. The highest BCUT2D eigenvalue weighted by molar-refractivity contribution is 6.09. The summed E-state index contributed by atoms with van der Waals surface area (Å²) in [5.41, 5.74) is 0.359. The van der Waals surface area contributed by atoms with Gasteiger partial charge in [-0.25, -0.2) is 13.9 Å². The van der Waals surface area contributed by atoms with E-state index in [2.05, 4.69) is 15.4 Å². The first-order chi connectivity index (χ1) is 16.6. The first-order valence-electron chi connectivity index (χ1n) is 11.4. The first kappa shape index (κ1) is 23.2. The van der Waals surface area contributed by atoms with Gasteiger partial charge in [0.2, 0.25) is 0 Å². The van der Waals surface area contributed by atoms with E-state index in [-0.39, 0.29) is 36.4 Å². The molecule has 1 aliphatic carbocycles. The Morgan fingerprint density at radius 3 is 2.86 bits per heavy atom. The van der Waals surface area contributed by atoms with Gasteiger partial charge in [-0.15, -0.1) is 0 Å². The van der Waals surface area contributed by atoms with Crippen molar-refractivity contribution < 1.29 is 28.9 Å². The third-order valence-corrected chi connectivity index (χ3v) is 6.37. The Morgan fingerprint density at radius 2 is 2.14 bits per heavy atom. The van der Waals surface area contributed by atoms with Crippen molar-refractivity contribution >= 4 is 23.1 Å². The SMILES string of the molecule is CC(C)(O)[C@H](F)CN1Cc2cc(NC(=O)c3cnn4cccnc34)c(O[C@H]3C[C@@H](O)C3)cc2C1=O. The average molecular weight is 484 g/mol. The molecular weight excluding hydrogens is 457 g/mol. The molecule has 2 aliphatic rings. The highest BCUT2D eigenvalue weighted by atomic mass is 19.1. The second kappa shape index (κ2) is 8.58. The van der Waals surface area contributed by atoms with E-state index in [9.17, 15) is 24.2 Å². The molecule has 0 unspecified atom stereocenters. The van der Waals surface area contributed by atoms with Crippen LogP contribution in [0.5, 0.6) is 5.75 Å². The molecular formula is C24H26FN5O5. The zero-order chi connectivity index (χ0) is 24.9. The van der Waals surface area contributed by atoms with E-state index in [1.165, 1.54) is 29.5 Å². The molecule has 1 fully saturated rings. The molecule has 2 amide bonds. The number of carbonyl (C=O) groups excluding carboxylic acids is 2. The van der Waals surface area contributed by atoms with Crippen LogP contribution in [0.3, 0.4) is 0 Å². The number of ether oxygens (including phenoxy) is 1. The molecule has 184 valence electrons. The third-order valence-electron chi connectivity index (χ3n) is 6.37. The maximum Gasteiger partial charge on any atom is 0.261 e. The van der Waals surface area contributed by atoms with Crippen LogP contribution in [0.4, 0.5) is 10.1 Å². The smallest absolute Gasteiger partial charge is 0.261 e. The lowest BCUT2D eigenvalue weighted by molar-refractivity contribution is -0.0160. The number of rotatable bonds is 7. The topological polar surface area (TPSA) is 129 Å². The van der Waals surface area contributed by atoms with Gasteiger partial charge in [0.25, 0.3) is 11.8 Å². The van der Waals surface area contributed by atoms with E-state index in [0.29, 0.717) is 35.3 Å². The molecule has 0 spiro atoms. The molecule has 3 aromatic rings. The van der Waals surface area contributed by atoms with Crippen LogP contribution >= 0.6 is 0 Å². The standard InChI is InChI=1S/C24H26FN5O5/c1-24(2,34)20(25)12-29-11-13-6-18(19(9-16(13)23(29)33)35-15-7-14(31)8-15)28-22(32)17-10-27-30-5-3-4-26-21(17)30/h3-6,9-10,14-15,20,31,34H,7-8,11-12H2,1-2H3,(H,28,32)/t14-,15+,20-/m1/s1. The number of aromatic nitrogens is 3. The maximum atomic E-state index is 14.5. The molecule has 10 nitrogen and oxygen atoms in total. The Morgan fingerprint density at radius 1 is 1.37 bits per heavy atom. The Hall–Kier alpha value is -3.57. The van der Waals surface area contributed by atoms with Crippen molar-refractivity contribution in [3.05, 3.63) is 53.5 Å². The zero-order valence-electron chi connectivity index (χ0n) is 19.3. The molecule has 1 saturated carbocycles. The highest BCUT2D eigenvalue weighted by Gasteiger charge is 2.36. The predicted octanol–water partition coefficient (Wildman–Crippen LogP) is 1.95. The van der Waals surface area contributed by atoms with Crippen LogP contribution in [0.1, 0.15) is 53.0 Å². The number of alkyl halides is 1. The van der Waals surface area contributed by atoms with Gasteiger partial charge in [-0.3, -0.25) is 9.59 Å². The van der Waals surface area contributed by atoms with Crippen molar-refractivity contribution in [1.29, 1.82) is 0 Å². The fraction of sp³-hybridized carbons (Fsp3) is 0.417. The van der Waals surface area contributed by atoms with Crippen molar-refractivity contribution in [1.82, 2.24) is 19.5 Å². The van der Waals surface area contributed by atoms with Gasteiger partial charge in [0, 0.05) is 37.3 Å². The molecule has 0 bridgehead atoms. The number of aliphatic hydroxyl groups excluding tert-OH is 1. The van der Waals surface area contributed by atoms with Gasteiger partial charge in [0.05, 0.1) is 30.1 Å². The monoisotopic (exact) mass is 483 g/mol. The summed E-state index contributed by atoms with van der Waals surface area (Å²) < 4.78 is 22.0. The predicted molar refractivity (Wildman–Crippen MR) is 123 cm³/mol. The summed E-state index contributed by atoms with van der Waals surface area (Å²) >= 11 is 0. The number of hydrogen-bond donors (Lipinski definition) is 3. The second-order valence-corrected chi connectivity index (χ2v) is 9.58. The summed E-state index contributed by atoms with van der Waals surface area (Å²) in [7, 11) is 0. The molecule has 0 saturated heterocycles. The minimum absolute atomic E-state index is 0.133. The summed E-state index contributed by atoms with van der Waals surface area (Å²) in [5.74, 6) is -0.549. The Balaban J connectivity index is 1.44. The molecule has 0 radical (unpaired) electrons. The van der Waals surface area contributed by atoms with Gasteiger partial charge in [-0.05, 0) is 37.6 Å². The van der Waals surface area contributed by atoms with Crippen LogP contribution in [0, 0.1) is 0 Å². The minimum Gasteiger partial charge on any atom is -0.488 e. The molecule has 11 heteroatoms. The van der Waals surface area contributed by atoms with Crippen LogP contribution in [-0.4, -0.2) is 72.1 Å². The molecule has 3 N–H and O–H groups in total. The van der Waals surface area contributed by atoms with Crippen molar-refractivity contribution in [2.45, 2.75) is 57.2 Å². The van der Waals surface area contributed by atoms with Gasteiger partial charge >= 0.3 is 0 Å². The number of fused-ring (bicyclic) bond motifs is 2. The second-order valence-electron chi connectivity index (χ2n) is 9.58. The lowest BCUT2D eigenvalue weighted by Gasteiger charge is -2.32. The number of carbonyl (C=O) groups is 2. The number of nitrogens with one attached hydrogen (secondary N) is 1. The normalized spacial score (nSPS) is 20.5.